The van der Waals surface area contributed by atoms with Crippen LogP contribution in [0.1, 0.15) is 55.2 Å². The fraction of sp³-hybridized carbons (Fsp3) is 0.500. The van der Waals surface area contributed by atoms with Crippen molar-refractivity contribution in [2.24, 2.45) is 11.3 Å². The summed E-state index contributed by atoms with van der Waals surface area (Å²) in [5.74, 6) is 2.66. The Balaban J connectivity index is 1.38. The van der Waals surface area contributed by atoms with Crippen molar-refractivity contribution >= 4 is 11.8 Å². The van der Waals surface area contributed by atoms with E-state index in [1.165, 1.54) is 41.9 Å². The molecule has 0 aromatic heterocycles. The molecule has 1 saturated carbocycles. The summed E-state index contributed by atoms with van der Waals surface area (Å²) in [6, 6.07) is 18.0. The van der Waals surface area contributed by atoms with Crippen molar-refractivity contribution in [2.45, 2.75) is 56.3 Å². The van der Waals surface area contributed by atoms with E-state index in [9.17, 15) is 5.11 Å². The first-order chi connectivity index (χ1) is 12.6. The van der Waals surface area contributed by atoms with Gasteiger partial charge in [0.1, 0.15) is 0 Å². The first-order valence-electron chi connectivity index (χ1n) is 10.1. The quantitative estimate of drug-likeness (QED) is 0.670. The SMILES string of the molecule is C[C@]1(CO)CC[C@H](c2ccc3c(c2)CC[C@H](CSc2ccccc2)C3)C1. The highest BCUT2D eigenvalue weighted by Gasteiger charge is 2.35. The molecule has 0 radical (unpaired) electrons. The predicted molar refractivity (Wildman–Crippen MR) is 111 cm³/mol. The molecule has 0 spiro atoms. The molecular formula is C24H30OS. The lowest BCUT2D eigenvalue weighted by molar-refractivity contribution is 0.147. The van der Waals surface area contributed by atoms with Crippen LogP contribution >= 0.6 is 11.8 Å². The number of aryl methyl sites for hydroxylation is 1. The molecule has 0 bridgehead atoms. The molecule has 0 unspecified atom stereocenters. The minimum Gasteiger partial charge on any atom is -0.396 e. The molecule has 3 atom stereocenters. The Morgan fingerprint density at radius 3 is 2.69 bits per heavy atom. The van der Waals surface area contributed by atoms with E-state index in [0.717, 1.165) is 18.8 Å². The Bertz CT molecular complexity index is 741. The molecule has 0 amide bonds. The standard InChI is InChI=1S/C24H30OS/c1-24(17-25)12-11-22(15-24)21-10-9-19-13-18(7-8-20(19)14-21)16-26-23-5-3-2-4-6-23/h2-6,9-10,14,18,22,25H,7-8,11-13,15-17H2,1H3/t18-,22-,24-/m0/s1. The number of aliphatic hydroxyl groups excluding tert-OH is 1. The lowest BCUT2D eigenvalue weighted by atomic mass is 9.81. The average molecular weight is 367 g/mol. The van der Waals surface area contributed by atoms with Gasteiger partial charge >= 0.3 is 0 Å². The number of fused-ring (bicyclic) bond motifs is 1. The fourth-order valence-corrected chi connectivity index (χ4v) is 5.79. The number of hydrogen-bond acceptors (Lipinski definition) is 2. The van der Waals surface area contributed by atoms with Crippen molar-refractivity contribution in [1.82, 2.24) is 0 Å². The van der Waals surface area contributed by atoms with Crippen molar-refractivity contribution in [1.29, 1.82) is 0 Å². The van der Waals surface area contributed by atoms with Crippen molar-refractivity contribution in [3.8, 4) is 0 Å². The van der Waals surface area contributed by atoms with Crippen LogP contribution in [0.5, 0.6) is 0 Å². The molecule has 1 nitrogen and oxygen atoms in total. The number of aliphatic hydroxyl groups is 1. The second kappa shape index (κ2) is 7.78. The number of hydrogen-bond donors (Lipinski definition) is 1. The van der Waals surface area contributed by atoms with Gasteiger partial charge in [0.15, 0.2) is 0 Å². The van der Waals surface area contributed by atoms with Crippen molar-refractivity contribution in [3.05, 3.63) is 65.2 Å². The van der Waals surface area contributed by atoms with E-state index in [1.54, 1.807) is 11.1 Å². The summed E-state index contributed by atoms with van der Waals surface area (Å²) < 4.78 is 0. The minimum absolute atomic E-state index is 0.139. The Kier molecular flexibility index (Phi) is 5.42. The number of thioether (sulfide) groups is 1. The average Bonchev–Trinajstić information content (AvgIpc) is 3.09. The molecule has 2 aromatic carbocycles. The van der Waals surface area contributed by atoms with Gasteiger partial charge < -0.3 is 5.11 Å². The first kappa shape index (κ1) is 18.1. The molecule has 26 heavy (non-hydrogen) atoms. The molecule has 0 aliphatic heterocycles. The molecule has 4 rings (SSSR count). The molecular weight excluding hydrogens is 336 g/mol. The molecule has 2 aliphatic carbocycles. The van der Waals surface area contributed by atoms with Crippen LogP contribution in [0.2, 0.25) is 0 Å². The van der Waals surface area contributed by atoms with Crippen LogP contribution in [0.15, 0.2) is 53.4 Å². The lowest BCUT2D eigenvalue weighted by Gasteiger charge is -2.26. The summed E-state index contributed by atoms with van der Waals surface area (Å²) in [6.07, 6.45) is 7.30. The van der Waals surface area contributed by atoms with Crippen LogP contribution in [-0.2, 0) is 12.8 Å². The summed E-state index contributed by atoms with van der Waals surface area (Å²) in [7, 11) is 0. The van der Waals surface area contributed by atoms with Crippen LogP contribution < -0.4 is 0 Å². The molecule has 1 fully saturated rings. The highest BCUT2D eigenvalue weighted by molar-refractivity contribution is 7.99. The van der Waals surface area contributed by atoms with Gasteiger partial charge in [-0.1, -0.05) is 43.3 Å². The maximum Gasteiger partial charge on any atom is 0.0484 e. The van der Waals surface area contributed by atoms with Gasteiger partial charge in [0, 0.05) is 17.3 Å². The van der Waals surface area contributed by atoms with E-state index < -0.39 is 0 Å². The Morgan fingerprint density at radius 2 is 1.92 bits per heavy atom. The van der Waals surface area contributed by atoms with Gasteiger partial charge in [-0.25, -0.2) is 0 Å². The van der Waals surface area contributed by atoms with E-state index in [-0.39, 0.29) is 5.41 Å². The molecule has 0 heterocycles. The highest BCUT2D eigenvalue weighted by atomic mass is 32.2. The third-order valence-corrected chi connectivity index (χ3v) is 7.72. The zero-order valence-electron chi connectivity index (χ0n) is 15.8. The van der Waals surface area contributed by atoms with Crippen molar-refractivity contribution in [2.75, 3.05) is 12.4 Å². The maximum absolute atomic E-state index is 9.64. The zero-order valence-corrected chi connectivity index (χ0v) is 16.6. The Labute approximate surface area is 162 Å². The van der Waals surface area contributed by atoms with Crippen LogP contribution in [-0.4, -0.2) is 17.5 Å². The lowest BCUT2D eigenvalue weighted by Crippen LogP contribution is -2.17. The molecule has 1 N–H and O–H groups in total. The van der Waals surface area contributed by atoms with Gasteiger partial charge in [-0.2, -0.15) is 0 Å². The normalized spacial score (nSPS) is 28.1. The summed E-state index contributed by atoms with van der Waals surface area (Å²) >= 11 is 2.00. The second-order valence-corrected chi connectivity index (χ2v) is 9.76. The summed E-state index contributed by atoms with van der Waals surface area (Å²) in [4.78, 5) is 1.39. The Hall–Kier alpha value is -1.25. The van der Waals surface area contributed by atoms with Crippen molar-refractivity contribution < 1.29 is 5.11 Å². The van der Waals surface area contributed by atoms with Crippen LogP contribution in [0, 0.1) is 11.3 Å². The molecule has 2 aliphatic rings. The zero-order chi connectivity index (χ0) is 18.0. The van der Waals surface area contributed by atoms with Crippen LogP contribution in [0.3, 0.4) is 0 Å². The van der Waals surface area contributed by atoms with Gasteiger partial charge in [0.05, 0.1) is 0 Å². The van der Waals surface area contributed by atoms with E-state index in [0.29, 0.717) is 12.5 Å². The largest absolute Gasteiger partial charge is 0.396 e. The van der Waals surface area contributed by atoms with Crippen LogP contribution in [0.25, 0.3) is 0 Å². The monoisotopic (exact) mass is 366 g/mol. The fourth-order valence-electron chi connectivity index (χ4n) is 4.73. The van der Waals surface area contributed by atoms with Crippen LogP contribution in [0.4, 0.5) is 0 Å². The summed E-state index contributed by atoms with van der Waals surface area (Å²) in [5, 5.41) is 9.64. The van der Waals surface area contributed by atoms with Gasteiger partial charge in [0.2, 0.25) is 0 Å². The van der Waals surface area contributed by atoms with Gasteiger partial charge in [0.25, 0.3) is 0 Å². The second-order valence-electron chi connectivity index (χ2n) is 8.67. The van der Waals surface area contributed by atoms with Gasteiger partial charge in [-0.15, -0.1) is 11.8 Å². The Morgan fingerprint density at radius 1 is 1.08 bits per heavy atom. The molecule has 138 valence electrons. The smallest absolute Gasteiger partial charge is 0.0484 e. The van der Waals surface area contributed by atoms with E-state index >= 15 is 0 Å². The van der Waals surface area contributed by atoms with Crippen molar-refractivity contribution in [3.63, 3.8) is 0 Å². The minimum atomic E-state index is 0.139. The van der Waals surface area contributed by atoms with Gasteiger partial charge in [-0.3, -0.25) is 0 Å². The topological polar surface area (TPSA) is 20.2 Å². The van der Waals surface area contributed by atoms with E-state index in [1.807, 2.05) is 11.8 Å². The molecule has 0 saturated heterocycles. The van der Waals surface area contributed by atoms with Gasteiger partial charge in [-0.05, 0) is 84.6 Å². The van der Waals surface area contributed by atoms with E-state index in [2.05, 4.69) is 55.5 Å². The summed E-state index contributed by atoms with van der Waals surface area (Å²) in [6.45, 7) is 2.57. The third-order valence-electron chi connectivity index (χ3n) is 6.48. The summed E-state index contributed by atoms with van der Waals surface area (Å²) in [5.41, 5.74) is 4.81. The highest BCUT2D eigenvalue weighted by Crippen LogP contribution is 2.46. The molecule has 2 aromatic rings. The number of rotatable bonds is 5. The third kappa shape index (κ3) is 4.02. The number of benzene rings is 2. The predicted octanol–water partition coefficient (Wildman–Crippen LogP) is 5.85. The first-order valence-corrected chi connectivity index (χ1v) is 11.0. The molecule has 2 heteroatoms. The van der Waals surface area contributed by atoms with E-state index in [4.69, 9.17) is 0 Å². The maximum atomic E-state index is 9.64.